The molecule has 0 aliphatic heterocycles. The van der Waals surface area contributed by atoms with Crippen molar-refractivity contribution in [1.82, 2.24) is 0 Å². The van der Waals surface area contributed by atoms with Gasteiger partial charge >= 0.3 is 42.8 Å². The number of hydrogen-bond donors (Lipinski definition) is 3. The van der Waals surface area contributed by atoms with Crippen molar-refractivity contribution in [2.75, 3.05) is 0 Å². The Morgan fingerprint density at radius 2 is 1.62 bits per heavy atom. The first-order chi connectivity index (χ1) is 2.94. The maximum atomic E-state index is 9.55. The van der Waals surface area contributed by atoms with Gasteiger partial charge in [-0.2, -0.15) is 0 Å². The van der Waals surface area contributed by atoms with Crippen LogP contribution in [-0.4, -0.2) is 45.0 Å². The fourth-order valence-electron chi connectivity index (χ4n) is 0. The molecule has 7 heteroatoms. The molecular weight excluding hydrogens is 144 g/mol. The summed E-state index contributed by atoms with van der Waals surface area (Å²) in [5.41, 5.74) is 2.58. The standard InChI is InChI=1S/CH4NO4P.Na.H/c2-1(3)7(4,5)6;;/h(H2,2,3)(H2,4,5,6);;. The quantitative estimate of drug-likeness (QED) is 0.315. The second-order valence-corrected chi connectivity index (χ2v) is 2.41. The number of rotatable bonds is 1. The summed E-state index contributed by atoms with van der Waals surface area (Å²) in [6.07, 6.45) is 0. The summed E-state index contributed by atoms with van der Waals surface area (Å²) in [6, 6.07) is 0. The van der Waals surface area contributed by atoms with Gasteiger partial charge in [-0.15, -0.1) is 0 Å². The molecule has 5 nitrogen and oxygen atoms in total. The minimum atomic E-state index is -4.60. The Morgan fingerprint density at radius 1 is 1.50 bits per heavy atom. The van der Waals surface area contributed by atoms with E-state index >= 15 is 0 Å². The number of carbonyl (C=O) groups is 1. The first-order valence-corrected chi connectivity index (χ1v) is 2.91. The molecule has 0 unspecified atom stereocenters. The van der Waals surface area contributed by atoms with E-state index in [0.29, 0.717) is 0 Å². The third-order valence-electron chi connectivity index (χ3n) is 0.287. The normalized spacial score (nSPS) is 9.75. The van der Waals surface area contributed by atoms with Crippen LogP contribution in [-0.2, 0) is 4.57 Å². The third-order valence-corrected chi connectivity index (χ3v) is 0.861. The molecule has 8 heavy (non-hydrogen) atoms. The molecule has 4 N–H and O–H groups in total. The summed E-state index contributed by atoms with van der Waals surface area (Å²) in [7, 11) is -4.60. The number of carbonyl (C=O) groups excluding carboxylic acids is 1. The first-order valence-electron chi connectivity index (χ1n) is 1.30. The second-order valence-electron chi connectivity index (χ2n) is 0.882. The molecule has 1 amide bonds. The van der Waals surface area contributed by atoms with Crippen LogP contribution in [0, 0.1) is 0 Å². The fourth-order valence-corrected chi connectivity index (χ4v) is 0. The van der Waals surface area contributed by atoms with Crippen molar-refractivity contribution in [2.24, 2.45) is 5.73 Å². The van der Waals surface area contributed by atoms with Gasteiger partial charge in [-0.25, -0.2) is 4.57 Å². The van der Waals surface area contributed by atoms with Crippen LogP contribution in [0.3, 0.4) is 0 Å². The van der Waals surface area contributed by atoms with Crippen molar-refractivity contribution < 1.29 is 19.1 Å². The summed E-state index contributed by atoms with van der Waals surface area (Å²) in [5, 5.41) is 0. The molecule has 0 saturated carbocycles. The van der Waals surface area contributed by atoms with E-state index in [1.165, 1.54) is 0 Å². The zero-order valence-corrected chi connectivity index (χ0v) is 4.13. The predicted molar refractivity (Wildman–Crippen MR) is 28.8 cm³/mol. The van der Waals surface area contributed by atoms with Crippen molar-refractivity contribution in [3.63, 3.8) is 0 Å². The van der Waals surface area contributed by atoms with E-state index in [0.717, 1.165) is 0 Å². The van der Waals surface area contributed by atoms with Gasteiger partial charge in [0.25, 0.3) is 0 Å². The van der Waals surface area contributed by atoms with Gasteiger partial charge in [0, 0.05) is 0 Å². The van der Waals surface area contributed by atoms with Crippen LogP contribution in [0.4, 0.5) is 4.79 Å². The molecule has 0 rings (SSSR count). The van der Waals surface area contributed by atoms with Crippen molar-refractivity contribution in [2.45, 2.75) is 0 Å². The van der Waals surface area contributed by atoms with Crippen LogP contribution in [0.2, 0.25) is 0 Å². The third kappa shape index (κ3) is 4.77. The summed E-state index contributed by atoms with van der Waals surface area (Å²) in [6.45, 7) is 0. The monoisotopic (exact) mass is 149 g/mol. The van der Waals surface area contributed by atoms with Crippen molar-refractivity contribution in [3.05, 3.63) is 0 Å². The number of hydrogen-bond acceptors (Lipinski definition) is 2. The van der Waals surface area contributed by atoms with E-state index in [4.69, 9.17) is 9.79 Å². The van der Waals surface area contributed by atoms with Crippen LogP contribution in [0.1, 0.15) is 0 Å². The van der Waals surface area contributed by atoms with Crippen LogP contribution in [0.5, 0.6) is 0 Å². The van der Waals surface area contributed by atoms with Gasteiger partial charge in [0.15, 0.2) is 0 Å². The van der Waals surface area contributed by atoms with Crippen molar-refractivity contribution >= 4 is 42.8 Å². The van der Waals surface area contributed by atoms with Gasteiger partial charge in [0.2, 0.25) is 0 Å². The molecule has 0 aromatic heterocycles. The Bertz CT molecular complexity index is 128. The molecule has 0 spiro atoms. The molecule has 0 bridgehead atoms. The molecule has 44 valence electrons. The molecule has 0 atom stereocenters. The van der Waals surface area contributed by atoms with E-state index in [1.54, 1.807) is 0 Å². The zero-order chi connectivity index (χ0) is 6.08. The minimum absolute atomic E-state index is 0. The average molecular weight is 149 g/mol. The molecule has 0 fully saturated rings. The molecule has 0 saturated heterocycles. The Morgan fingerprint density at radius 3 is 1.62 bits per heavy atom. The summed E-state index contributed by atoms with van der Waals surface area (Å²) >= 11 is 0. The SMILES string of the molecule is NC(=O)P(=O)(O)O.[NaH]. The van der Waals surface area contributed by atoms with Crippen LogP contribution in [0.25, 0.3) is 0 Å². The second kappa shape index (κ2) is 3.61. The number of primary amides is 1. The van der Waals surface area contributed by atoms with Crippen LogP contribution >= 0.6 is 7.60 Å². The summed E-state index contributed by atoms with van der Waals surface area (Å²) < 4.78 is 9.55. The van der Waals surface area contributed by atoms with Gasteiger partial charge < -0.3 is 15.5 Å². The van der Waals surface area contributed by atoms with E-state index in [1.807, 2.05) is 0 Å². The molecule has 0 aliphatic carbocycles. The molecular formula is CH5NNaO4P. The fraction of sp³-hybridized carbons (Fsp3) is 0. The Hall–Kier alpha value is 0.620. The van der Waals surface area contributed by atoms with Crippen molar-refractivity contribution in [3.8, 4) is 0 Å². The Balaban J connectivity index is 0. The molecule has 0 aliphatic rings. The first kappa shape index (κ1) is 11.4. The van der Waals surface area contributed by atoms with Gasteiger partial charge in [-0.05, 0) is 0 Å². The van der Waals surface area contributed by atoms with E-state index in [2.05, 4.69) is 5.73 Å². The predicted octanol–water partition coefficient (Wildman–Crippen LogP) is -1.41. The Kier molecular flexibility index (Phi) is 5.15. The zero-order valence-electron chi connectivity index (χ0n) is 3.24. The van der Waals surface area contributed by atoms with Crippen LogP contribution < -0.4 is 5.73 Å². The molecule has 0 aromatic carbocycles. The van der Waals surface area contributed by atoms with E-state index in [-0.39, 0.29) is 29.6 Å². The topological polar surface area (TPSA) is 101 Å². The summed E-state index contributed by atoms with van der Waals surface area (Å²) in [4.78, 5) is 24.9. The van der Waals surface area contributed by atoms with Gasteiger partial charge in [-0.3, -0.25) is 4.79 Å². The van der Waals surface area contributed by atoms with Gasteiger partial charge in [0.1, 0.15) is 0 Å². The molecule has 0 heterocycles. The number of nitrogens with two attached hydrogens (primary N) is 1. The summed E-state index contributed by atoms with van der Waals surface area (Å²) in [5.74, 6) is 0. The maximum absolute atomic E-state index is 9.55. The molecule has 0 aromatic rings. The Labute approximate surface area is 67.7 Å². The van der Waals surface area contributed by atoms with E-state index in [9.17, 15) is 9.36 Å². The van der Waals surface area contributed by atoms with Gasteiger partial charge in [0.05, 0.1) is 0 Å². The molecule has 0 radical (unpaired) electrons. The van der Waals surface area contributed by atoms with Crippen molar-refractivity contribution in [1.29, 1.82) is 0 Å². The average Bonchev–Trinajstić information content (AvgIpc) is 1.31. The van der Waals surface area contributed by atoms with Gasteiger partial charge in [-0.1, -0.05) is 0 Å². The van der Waals surface area contributed by atoms with Crippen LogP contribution in [0.15, 0.2) is 0 Å². The number of amides is 1. The van der Waals surface area contributed by atoms with E-state index < -0.39 is 13.2 Å².